The van der Waals surface area contributed by atoms with Crippen molar-refractivity contribution < 1.29 is 9.53 Å². The minimum atomic E-state index is 0. The zero-order valence-electron chi connectivity index (χ0n) is 17.8. The third-order valence-corrected chi connectivity index (χ3v) is 6.30. The van der Waals surface area contributed by atoms with Crippen LogP contribution in [0.1, 0.15) is 86.7 Å². The van der Waals surface area contributed by atoms with Gasteiger partial charge in [-0.1, -0.05) is 26.7 Å². The van der Waals surface area contributed by atoms with E-state index in [1.165, 1.54) is 49.7 Å². The van der Waals surface area contributed by atoms with Crippen LogP contribution in [-0.2, 0) is 12.8 Å². The predicted molar refractivity (Wildman–Crippen MR) is 119 cm³/mol. The van der Waals surface area contributed by atoms with Gasteiger partial charge in [-0.3, -0.25) is 4.79 Å². The maximum Gasteiger partial charge on any atom is 0.167 e. The van der Waals surface area contributed by atoms with Gasteiger partial charge in [0.05, 0.1) is 6.61 Å². The number of carbonyl (C=O) groups is 1. The molecule has 0 bridgehead atoms. The molecule has 1 heterocycles. The molecule has 1 atom stereocenters. The van der Waals surface area contributed by atoms with E-state index in [9.17, 15) is 4.79 Å². The first-order valence-electron chi connectivity index (χ1n) is 11.3. The van der Waals surface area contributed by atoms with E-state index in [0.29, 0.717) is 5.78 Å². The number of ether oxygens (including phenoxy) is 1. The molecular weight excluding hydrogens is 370 g/mol. The molecule has 0 spiro atoms. The summed E-state index contributed by atoms with van der Waals surface area (Å²) in [7, 11) is 0. The Morgan fingerprint density at radius 1 is 1.04 bits per heavy atom. The average molecular weight is 408 g/mol. The number of hydrogen-bond acceptors (Lipinski definition) is 3. The Bertz CT molecular complexity index is 625. The fraction of sp³-hybridized carbons (Fsp3) is 0.708. The first-order valence-corrected chi connectivity index (χ1v) is 11.3. The second-order valence-electron chi connectivity index (χ2n) is 8.31. The number of likely N-dealkylation sites (tertiary alicyclic amines) is 1. The Hall–Kier alpha value is -1.06. The van der Waals surface area contributed by atoms with Crippen LogP contribution in [0.2, 0.25) is 0 Å². The first kappa shape index (κ1) is 23.2. The van der Waals surface area contributed by atoms with Crippen molar-refractivity contribution in [2.75, 3.05) is 26.2 Å². The number of benzene rings is 1. The van der Waals surface area contributed by atoms with Crippen molar-refractivity contribution in [1.29, 1.82) is 0 Å². The van der Waals surface area contributed by atoms with Gasteiger partial charge in [0.25, 0.3) is 0 Å². The average Bonchev–Trinajstić information content (AvgIpc) is 3.22. The highest BCUT2D eigenvalue weighted by molar-refractivity contribution is 6.00. The molecule has 1 saturated heterocycles. The van der Waals surface area contributed by atoms with E-state index >= 15 is 0 Å². The second kappa shape index (κ2) is 11.8. The molecule has 0 radical (unpaired) electrons. The van der Waals surface area contributed by atoms with Crippen LogP contribution in [0.4, 0.5) is 0 Å². The molecule has 1 aromatic rings. The second-order valence-corrected chi connectivity index (χ2v) is 8.31. The summed E-state index contributed by atoms with van der Waals surface area (Å²) in [6.07, 6.45) is 11.5. The highest BCUT2D eigenvalue weighted by atomic mass is 35.5. The largest absolute Gasteiger partial charge is 0.493 e. The number of Topliss-reactive ketones (excluding diaryl/α,β-unsaturated/α-hetero) is 1. The molecular formula is C24H38ClNO2. The lowest BCUT2D eigenvalue weighted by Gasteiger charge is -2.26. The number of unbranched alkanes of at least 4 members (excludes halogenated alkanes) is 2. The molecule has 2 aliphatic rings. The van der Waals surface area contributed by atoms with Crippen LogP contribution < -0.4 is 4.74 Å². The van der Waals surface area contributed by atoms with Crippen molar-refractivity contribution in [2.45, 2.75) is 78.1 Å². The van der Waals surface area contributed by atoms with Crippen LogP contribution in [0.15, 0.2) is 12.1 Å². The number of carbonyl (C=O) groups excluding carboxylic acids is 1. The minimum Gasteiger partial charge on any atom is -0.493 e. The smallest absolute Gasteiger partial charge is 0.167 e. The zero-order valence-corrected chi connectivity index (χ0v) is 18.6. The predicted octanol–water partition coefficient (Wildman–Crippen LogP) is 5.86. The van der Waals surface area contributed by atoms with Gasteiger partial charge >= 0.3 is 0 Å². The van der Waals surface area contributed by atoms with Crippen molar-refractivity contribution in [3.05, 3.63) is 28.8 Å². The number of fused-ring (bicyclic) bond motifs is 1. The maximum atomic E-state index is 13.4. The molecule has 3 rings (SSSR count). The summed E-state index contributed by atoms with van der Waals surface area (Å²) >= 11 is 0. The summed E-state index contributed by atoms with van der Waals surface area (Å²) in [5.41, 5.74) is 3.59. The van der Waals surface area contributed by atoms with Gasteiger partial charge in [-0.15, -0.1) is 12.4 Å². The van der Waals surface area contributed by atoms with E-state index in [-0.39, 0.29) is 18.3 Å². The summed E-state index contributed by atoms with van der Waals surface area (Å²) in [5, 5.41) is 0. The molecule has 0 amide bonds. The van der Waals surface area contributed by atoms with E-state index in [4.69, 9.17) is 4.74 Å². The fourth-order valence-electron chi connectivity index (χ4n) is 4.63. The molecule has 0 N–H and O–H groups in total. The van der Waals surface area contributed by atoms with Crippen LogP contribution in [0, 0.1) is 5.92 Å². The van der Waals surface area contributed by atoms with Gasteiger partial charge in [-0.2, -0.15) is 0 Å². The van der Waals surface area contributed by atoms with E-state index < -0.39 is 0 Å². The molecule has 1 aromatic carbocycles. The molecule has 3 nitrogen and oxygen atoms in total. The Kier molecular flexibility index (Phi) is 9.81. The van der Waals surface area contributed by atoms with Crippen molar-refractivity contribution in [1.82, 2.24) is 4.90 Å². The van der Waals surface area contributed by atoms with Gasteiger partial charge in [0.2, 0.25) is 0 Å². The molecule has 0 aromatic heterocycles. The number of halogens is 1. The van der Waals surface area contributed by atoms with Gasteiger partial charge in [0.1, 0.15) is 5.75 Å². The fourth-order valence-corrected chi connectivity index (χ4v) is 4.63. The normalized spacial score (nSPS) is 17.6. The number of ketones is 1. The van der Waals surface area contributed by atoms with Crippen LogP contribution >= 0.6 is 12.4 Å². The van der Waals surface area contributed by atoms with E-state index in [0.717, 1.165) is 63.2 Å². The lowest BCUT2D eigenvalue weighted by atomic mass is 9.83. The number of rotatable bonds is 10. The zero-order chi connectivity index (χ0) is 19.1. The van der Waals surface area contributed by atoms with Gasteiger partial charge in [0, 0.05) is 18.0 Å². The summed E-state index contributed by atoms with van der Waals surface area (Å²) in [6.45, 7) is 8.42. The van der Waals surface area contributed by atoms with E-state index in [2.05, 4.69) is 30.9 Å². The highest BCUT2D eigenvalue weighted by Crippen LogP contribution is 2.34. The molecule has 0 saturated carbocycles. The molecule has 28 heavy (non-hydrogen) atoms. The third-order valence-electron chi connectivity index (χ3n) is 6.30. The molecule has 158 valence electrons. The number of hydrogen-bond donors (Lipinski definition) is 0. The Labute approximate surface area is 177 Å². The summed E-state index contributed by atoms with van der Waals surface area (Å²) < 4.78 is 6.12. The lowest BCUT2D eigenvalue weighted by Crippen LogP contribution is -2.31. The molecule has 1 unspecified atom stereocenters. The van der Waals surface area contributed by atoms with Gasteiger partial charge in [-0.25, -0.2) is 0 Å². The van der Waals surface area contributed by atoms with Gasteiger partial charge in [0.15, 0.2) is 5.78 Å². The Morgan fingerprint density at radius 3 is 2.43 bits per heavy atom. The van der Waals surface area contributed by atoms with E-state index in [1.807, 2.05) is 0 Å². The third kappa shape index (κ3) is 5.73. The van der Waals surface area contributed by atoms with Crippen molar-refractivity contribution in [3.8, 4) is 5.75 Å². The van der Waals surface area contributed by atoms with Crippen molar-refractivity contribution in [2.24, 2.45) is 5.92 Å². The topological polar surface area (TPSA) is 29.5 Å². The summed E-state index contributed by atoms with van der Waals surface area (Å²) in [5.74, 6) is 1.52. The molecule has 1 aliphatic carbocycles. The number of nitrogens with zero attached hydrogens (tertiary/aromatic N) is 1. The molecule has 1 aliphatic heterocycles. The van der Waals surface area contributed by atoms with Gasteiger partial charge in [-0.05, 0) is 87.7 Å². The summed E-state index contributed by atoms with van der Waals surface area (Å²) in [4.78, 5) is 15.9. The highest BCUT2D eigenvalue weighted by Gasteiger charge is 2.27. The molecule has 4 heteroatoms. The molecule has 1 fully saturated rings. The lowest BCUT2D eigenvalue weighted by molar-refractivity contribution is 0.0884. The Morgan fingerprint density at radius 2 is 1.75 bits per heavy atom. The van der Waals surface area contributed by atoms with Crippen molar-refractivity contribution >= 4 is 18.2 Å². The van der Waals surface area contributed by atoms with E-state index in [1.54, 1.807) is 0 Å². The van der Waals surface area contributed by atoms with Crippen molar-refractivity contribution in [3.63, 3.8) is 0 Å². The van der Waals surface area contributed by atoms with Gasteiger partial charge < -0.3 is 9.64 Å². The van der Waals surface area contributed by atoms with Crippen LogP contribution in [0.5, 0.6) is 5.75 Å². The first-order chi connectivity index (χ1) is 13.2. The summed E-state index contributed by atoms with van der Waals surface area (Å²) in [6, 6.07) is 4.14. The monoisotopic (exact) mass is 407 g/mol. The van der Waals surface area contributed by atoms with Crippen LogP contribution in [-0.4, -0.2) is 36.9 Å². The van der Waals surface area contributed by atoms with Crippen LogP contribution in [0.3, 0.4) is 0 Å². The maximum absolute atomic E-state index is 13.4. The Balaban J connectivity index is 0.00000280. The standard InChI is InChI=1S/C24H37NO2.ClH/c1-3-5-10-17-27-23-14-13-22(20-11-6-7-12-21(20)23)24(26)19(4-2)18-25-15-8-9-16-25;/h13-14,19H,3-12,15-18H2,1-2H3;1H. The quantitative estimate of drug-likeness (QED) is 0.359. The SMILES string of the molecule is CCCCCOc1ccc(C(=O)C(CC)CN2CCCC2)c2c1CCCC2.Cl. The van der Waals surface area contributed by atoms with Crippen LogP contribution in [0.25, 0.3) is 0 Å². The minimum absolute atomic E-state index is 0.